The maximum Gasteiger partial charge on any atom is 0.262 e. The first kappa shape index (κ1) is 16.0. The number of thioether (sulfide) groups is 1. The van der Waals surface area contributed by atoms with Crippen molar-refractivity contribution in [3.05, 3.63) is 34.6 Å². The first-order valence-corrected chi connectivity index (χ1v) is 8.36. The average Bonchev–Trinajstić information content (AvgIpc) is 2.46. The van der Waals surface area contributed by atoms with E-state index in [1.165, 1.54) is 0 Å². The fourth-order valence-electron chi connectivity index (χ4n) is 2.13. The third-order valence-corrected chi connectivity index (χ3v) is 3.94. The molecule has 0 unspecified atom stereocenters. The van der Waals surface area contributed by atoms with E-state index in [1.54, 1.807) is 16.3 Å². The van der Waals surface area contributed by atoms with Gasteiger partial charge in [0.05, 0.1) is 17.0 Å². The van der Waals surface area contributed by atoms with Crippen molar-refractivity contribution in [1.82, 2.24) is 9.55 Å². The van der Waals surface area contributed by atoms with Crippen LogP contribution >= 0.6 is 11.8 Å². The molecule has 1 aromatic heterocycles. The molecule has 2 rings (SSSR count). The second-order valence-corrected chi connectivity index (χ2v) is 6.31. The van der Waals surface area contributed by atoms with Crippen molar-refractivity contribution < 1.29 is 4.74 Å². The summed E-state index contributed by atoms with van der Waals surface area (Å²) in [4.78, 5) is 17.2. The summed E-state index contributed by atoms with van der Waals surface area (Å²) >= 11 is 1.61. The van der Waals surface area contributed by atoms with Crippen LogP contribution in [-0.2, 0) is 11.3 Å². The Labute approximate surface area is 129 Å². The van der Waals surface area contributed by atoms with Gasteiger partial charge in [-0.25, -0.2) is 4.98 Å². The van der Waals surface area contributed by atoms with Crippen LogP contribution in [0.5, 0.6) is 0 Å². The van der Waals surface area contributed by atoms with Crippen molar-refractivity contribution in [1.29, 1.82) is 0 Å². The number of para-hydroxylation sites is 1. The van der Waals surface area contributed by atoms with E-state index in [9.17, 15) is 4.79 Å². The van der Waals surface area contributed by atoms with Gasteiger partial charge in [-0.15, -0.1) is 0 Å². The van der Waals surface area contributed by atoms with Crippen molar-refractivity contribution in [3.8, 4) is 0 Å². The Morgan fingerprint density at radius 2 is 2.10 bits per heavy atom. The Balaban J connectivity index is 2.28. The number of nitrogens with zero attached hydrogens (tertiary/aromatic N) is 2. The van der Waals surface area contributed by atoms with E-state index in [4.69, 9.17) is 4.74 Å². The van der Waals surface area contributed by atoms with Crippen LogP contribution in [0.2, 0.25) is 0 Å². The van der Waals surface area contributed by atoms with E-state index in [2.05, 4.69) is 11.9 Å². The van der Waals surface area contributed by atoms with Crippen LogP contribution in [0.1, 0.15) is 27.2 Å². The standard InChI is InChI=1S/C16H22N2O2S/c1-4-21-16-17-14-9-6-5-8-13(14)15(19)18(16)10-7-11-20-12(2)3/h5-6,8-9,12H,4,7,10-11H2,1-3H3. The van der Waals surface area contributed by atoms with E-state index >= 15 is 0 Å². The quantitative estimate of drug-likeness (QED) is 0.447. The average molecular weight is 306 g/mol. The molecule has 2 aromatic rings. The highest BCUT2D eigenvalue weighted by Gasteiger charge is 2.10. The second kappa shape index (κ2) is 7.61. The van der Waals surface area contributed by atoms with Crippen molar-refractivity contribution in [2.45, 2.75) is 45.0 Å². The SMILES string of the molecule is CCSc1nc2ccccc2c(=O)n1CCCOC(C)C. The van der Waals surface area contributed by atoms with E-state index in [1.807, 2.05) is 38.1 Å². The highest BCUT2D eigenvalue weighted by molar-refractivity contribution is 7.99. The van der Waals surface area contributed by atoms with Gasteiger partial charge in [0.1, 0.15) is 0 Å². The van der Waals surface area contributed by atoms with E-state index in [0.29, 0.717) is 18.5 Å². The zero-order valence-corrected chi connectivity index (χ0v) is 13.7. The molecule has 0 saturated heterocycles. The van der Waals surface area contributed by atoms with Crippen LogP contribution < -0.4 is 5.56 Å². The van der Waals surface area contributed by atoms with Crippen molar-refractivity contribution >= 4 is 22.7 Å². The van der Waals surface area contributed by atoms with Gasteiger partial charge in [-0.1, -0.05) is 30.8 Å². The first-order valence-electron chi connectivity index (χ1n) is 7.37. The lowest BCUT2D eigenvalue weighted by molar-refractivity contribution is 0.0743. The predicted octanol–water partition coefficient (Wildman–Crippen LogP) is 3.32. The zero-order chi connectivity index (χ0) is 15.2. The molecular formula is C16H22N2O2S. The molecule has 21 heavy (non-hydrogen) atoms. The summed E-state index contributed by atoms with van der Waals surface area (Å²) in [6, 6.07) is 7.52. The minimum atomic E-state index is 0.0427. The molecule has 0 fully saturated rings. The summed E-state index contributed by atoms with van der Waals surface area (Å²) in [6.07, 6.45) is 1.04. The van der Waals surface area contributed by atoms with Gasteiger partial charge in [0, 0.05) is 13.2 Å². The van der Waals surface area contributed by atoms with Gasteiger partial charge in [-0.3, -0.25) is 9.36 Å². The number of aromatic nitrogens is 2. The van der Waals surface area contributed by atoms with Crippen molar-refractivity contribution in [2.75, 3.05) is 12.4 Å². The number of ether oxygens (including phenoxy) is 1. The smallest absolute Gasteiger partial charge is 0.262 e. The summed E-state index contributed by atoms with van der Waals surface area (Å²) < 4.78 is 7.33. The molecule has 0 aliphatic rings. The molecule has 0 N–H and O–H groups in total. The molecule has 1 heterocycles. The lowest BCUT2D eigenvalue weighted by Gasteiger charge is -2.13. The van der Waals surface area contributed by atoms with Gasteiger partial charge in [0.15, 0.2) is 5.16 Å². The first-order chi connectivity index (χ1) is 10.1. The Morgan fingerprint density at radius 3 is 2.81 bits per heavy atom. The number of fused-ring (bicyclic) bond motifs is 1. The second-order valence-electron chi connectivity index (χ2n) is 5.07. The number of hydrogen-bond acceptors (Lipinski definition) is 4. The number of rotatable bonds is 7. The Hall–Kier alpha value is -1.33. The fraction of sp³-hybridized carbons (Fsp3) is 0.500. The summed E-state index contributed by atoms with van der Waals surface area (Å²) in [5.41, 5.74) is 0.814. The molecule has 1 aromatic carbocycles. The van der Waals surface area contributed by atoms with Gasteiger partial charge >= 0.3 is 0 Å². The van der Waals surface area contributed by atoms with Gasteiger partial charge in [-0.2, -0.15) is 0 Å². The summed E-state index contributed by atoms with van der Waals surface area (Å²) in [6.45, 7) is 7.40. The Bertz CT molecular complexity index is 652. The van der Waals surface area contributed by atoms with Crippen LogP contribution in [0.3, 0.4) is 0 Å². The fourth-order valence-corrected chi connectivity index (χ4v) is 2.88. The zero-order valence-electron chi connectivity index (χ0n) is 12.8. The van der Waals surface area contributed by atoms with Gasteiger partial charge in [-0.05, 0) is 38.2 Å². The normalized spacial score (nSPS) is 11.4. The third-order valence-electron chi connectivity index (χ3n) is 3.08. The van der Waals surface area contributed by atoms with E-state index < -0.39 is 0 Å². The minimum absolute atomic E-state index is 0.0427. The van der Waals surface area contributed by atoms with Crippen LogP contribution in [0.4, 0.5) is 0 Å². The highest BCUT2D eigenvalue weighted by atomic mass is 32.2. The molecule has 0 atom stereocenters. The van der Waals surface area contributed by atoms with Gasteiger partial charge in [0.25, 0.3) is 5.56 Å². The Morgan fingerprint density at radius 1 is 1.33 bits per heavy atom. The summed E-state index contributed by atoms with van der Waals surface area (Å²) in [7, 11) is 0. The van der Waals surface area contributed by atoms with Gasteiger partial charge in [0.2, 0.25) is 0 Å². The molecule has 0 amide bonds. The van der Waals surface area contributed by atoms with Crippen molar-refractivity contribution in [2.24, 2.45) is 0 Å². The molecule has 0 spiro atoms. The van der Waals surface area contributed by atoms with E-state index in [-0.39, 0.29) is 11.7 Å². The van der Waals surface area contributed by atoms with Crippen LogP contribution in [0.15, 0.2) is 34.2 Å². The largest absolute Gasteiger partial charge is 0.379 e. The molecule has 0 saturated carbocycles. The maximum absolute atomic E-state index is 12.6. The topological polar surface area (TPSA) is 44.1 Å². The molecule has 0 aliphatic heterocycles. The molecule has 0 radical (unpaired) electrons. The minimum Gasteiger partial charge on any atom is -0.379 e. The summed E-state index contributed by atoms with van der Waals surface area (Å²) in [5, 5.41) is 1.48. The van der Waals surface area contributed by atoms with Crippen LogP contribution in [-0.4, -0.2) is 28.0 Å². The predicted molar refractivity (Wildman–Crippen MR) is 88.1 cm³/mol. The number of hydrogen-bond donors (Lipinski definition) is 0. The monoisotopic (exact) mass is 306 g/mol. The van der Waals surface area contributed by atoms with E-state index in [0.717, 1.165) is 22.8 Å². The molecule has 0 aliphatic carbocycles. The molecule has 114 valence electrons. The molecule has 4 nitrogen and oxygen atoms in total. The van der Waals surface area contributed by atoms with Crippen molar-refractivity contribution in [3.63, 3.8) is 0 Å². The highest BCUT2D eigenvalue weighted by Crippen LogP contribution is 2.17. The van der Waals surface area contributed by atoms with Crippen LogP contribution in [0, 0.1) is 0 Å². The maximum atomic E-state index is 12.6. The lowest BCUT2D eigenvalue weighted by Crippen LogP contribution is -2.24. The molecular weight excluding hydrogens is 284 g/mol. The van der Waals surface area contributed by atoms with Gasteiger partial charge < -0.3 is 4.74 Å². The third kappa shape index (κ3) is 4.08. The molecule has 0 bridgehead atoms. The Kier molecular flexibility index (Phi) is 5.82. The lowest BCUT2D eigenvalue weighted by atomic mass is 10.2. The summed E-state index contributed by atoms with van der Waals surface area (Å²) in [5.74, 6) is 0.896. The van der Waals surface area contributed by atoms with Crippen LogP contribution in [0.25, 0.3) is 10.9 Å². The number of benzene rings is 1. The molecule has 5 heteroatoms.